The van der Waals surface area contributed by atoms with Crippen LogP contribution in [0.4, 0.5) is 0 Å². The van der Waals surface area contributed by atoms with E-state index in [1.54, 1.807) is 0 Å². The molecule has 1 N–H and O–H groups in total. The van der Waals surface area contributed by atoms with Crippen LogP contribution in [0.3, 0.4) is 0 Å². The molecular weight excluding hydrogens is 234 g/mol. The molecule has 2 aliphatic rings. The minimum atomic E-state index is 0.746. The zero-order chi connectivity index (χ0) is 11.4. The molecule has 0 aromatic heterocycles. The first-order chi connectivity index (χ1) is 7.81. The largest absolute Gasteiger partial charge is 0.316 e. The average Bonchev–Trinajstić information content (AvgIpc) is 2.80. The number of nitrogens with one attached hydrogen (secondary N) is 1. The van der Waals surface area contributed by atoms with Crippen molar-refractivity contribution >= 4 is 23.5 Å². The Morgan fingerprint density at radius 2 is 1.88 bits per heavy atom. The van der Waals surface area contributed by atoms with E-state index in [-0.39, 0.29) is 0 Å². The van der Waals surface area contributed by atoms with Gasteiger partial charge in [-0.05, 0) is 19.4 Å². The Kier molecular flexibility index (Phi) is 5.37. The average molecular weight is 259 g/mol. The molecule has 0 radical (unpaired) electrons. The molecule has 16 heavy (non-hydrogen) atoms. The summed E-state index contributed by atoms with van der Waals surface area (Å²) in [5, 5.41) is 5.26. The lowest BCUT2D eigenvalue weighted by molar-refractivity contribution is 0.394. The molecule has 1 saturated carbocycles. The SMILES string of the molecule is CNC(CC1CCCC1)C1SCCSC1C. The number of hydrogen-bond donors (Lipinski definition) is 1. The summed E-state index contributed by atoms with van der Waals surface area (Å²) in [7, 11) is 2.16. The van der Waals surface area contributed by atoms with Crippen LogP contribution in [0.1, 0.15) is 39.0 Å². The molecular formula is C13H25NS2. The topological polar surface area (TPSA) is 12.0 Å². The van der Waals surface area contributed by atoms with Gasteiger partial charge in [0, 0.05) is 28.0 Å². The van der Waals surface area contributed by atoms with Gasteiger partial charge in [0.15, 0.2) is 0 Å². The van der Waals surface area contributed by atoms with Gasteiger partial charge >= 0.3 is 0 Å². The second-order valence-corrected chi connectivity index (χ2v) is 7.96. The van der Waals surface area contributed by atoms with Gasteiger partial charge in [-0.3, -0.25) is 0 Å². The zero-order valence-electron chi connectivity index (χ0n) is 10.6. The van der Waals surface area contributed by atoms with Crippen LogP contribution in [-0.4, -0.2) is 35.1 Å². The van der Waals surface area contributed by atoms with Gasteiger partial charge in [-0.15, -0.1) is 0 Å². The third-order valence-corrected chi connectivity index (χ3v) is 7.32. The second-order valence-electron chi connectivity index (χ2n) is 5.19. The minimum Gasteiger partial charge on any atom is -0.316 e. The van der Waals surface area contributed by atoms with E-state index in [4.69, 9.17) is 0 Å². The van der Waals surface area contributed by atoms with Gasteiger partial charge in [-0.25, -0.2) is 0 Å². The van der Waals surface area contributed by atoms with Crippen LogP contribution in [0.5, 0.6) is 0 Å². The number of hydrogen-bond acceptors (Lipinski definition) is 3. The van der Waals surface area contributed by atoms with Gasteiger partial charge < -0.3 is 5.32 Å². The van der Waals surface area contributed by atoms with E-state index in [2.05, 4.69) is 42.8 Å². The Morgan fingerprint density at radius 1 is 1.19 bits per heavy atom. The Morgan fingerprint density at radius 3 is 2.50 bits per heavy atom. The van der Waals surface area contributed by atoms with Gasteiger partial charge in [0.25, 0.3) is 0 Å². The number of thioether (sulfide) groups is 2. The summed E-state index contributed by atoms with van der Waals surface area (Å²) >= 11 is 4.37. The molecule has 3 unspecified atom stereocenters. The zero-order valence-corrected chi connectivity index (χ0v) is 12.2. The van der Waals surface area contributed by atoms with Crippen molar-refractivity contribution in [3.8, 4) is 0 Å². The van der Waals surface area contributed by atoms with Crippen LogP contribution in [0.15, 0.2) is 0 Å². The van der Waals surface area contributed by atoms with Crippen molar-refractivity contribution in [2.24, 2.45) is 5.92 Å². The molecule has 0 aromatic carbocycles. The molecule has 3 heteroatoms. The molecule has 94 valence electrons. The molecule has 0 amide bonds. The summed E-state index contributed by atoms with van der Waals surface area (Å²) in [5.74, 6) is 3.71. The predicted octanol–water partition coefficient (Wildman–Crippen LogP) is 3.39. The van der Waals surface area contributed by atoms with Crippen molar-refractivity contribution in [3.63, 3.8) is 0 Å². The van der Waals surface area contributed by atoms with Crippen molar-refractivity contribution < 1.29 is 0 Å². The first-order valence-electron chi connectivity index (χ1n) is 6.71. The highest BCUT2D eigenvalue weighted by atomic mass is 32.2. The molecule has 1 aliphatic heterocycles. The van der Waals surface area contributed by atoms with Gasteiger partial charge in [-0.2, -0.15) is 23.5 Å². The van der Waals surface area contributed by atoms with E-state index < -0.39 is 0 Å². The molecule has 2 fully saturated rings. The molecule has 0 aromatic rings. The van der Waals surface area contributed by atoms with Crippen molar-refractivity contribution in [3.05, 3.63) is 0 Å². The third kappa shape index (κ3) is 3.33. The first-order valence-corrected chi connectivity index (χ1v) is 8.81. The lowest BCUT2D eigenvalue weighted by atomic mass is 9.95. The fourth-order valence-electron chi connectivity index (χ4n) is 3.11. The third-order valence-electron chi connectivity index (χ3n) is 4.07. The summed E-state index contributed by atoms with van der Waals surface area (Å²) in [6, 6.07) is 0.746. The van der Waals surface area contributed by atoms with Gasteiger partial charge in [0.1, 0.15) is 0 Å². The van der Waals surface area contributed by atoms with Crippen LogP contribution in [-0.2, 0) is 0 Å². The van der Waals surface area contributed by atoms with Crippen molar-refractivity contribution in [1.82, 2.24) is 5.32 Å². The maximum atomic E-state index is 3.59. The van der Waals surface area contributed by atoms with Crippen molar-refractivity contribution in [1.29, 1.82) is 0 Å². The molecule has 2 rings (SSSR count). The quantitative estimate of drug-likeness (QED) is 0.831. The molecule has 1 heterocycles. The fourth-order valence-corrected chi connectivity index (χ4v) is 6.13. The van der Waals surface area contributed by atoms with E-state index >= 15 is 0 Å². The van der Waals surface area contributed by atoms with Crippen LogP contribution in [0, 0.1) is 5.92 Å². The van der Waals surface area contributed by atoms with E-state index in [9.17, 15) is 0 Å². The van der Waals surface area contributed by atoms with Crippen LogP contribution >= 0.6 is 23.5 Å². The van der Waals surface area contributed by atoms with Crippen LogP contribution < -0.4 is 5.32 Å². The minimum absolute atomic E-state index is 0.746. The van der Waals surface area contributed by atoms with Gasteiger partial charge in [0.2, 0.25) is 0 Å². The van der Waals surface area contributed by atoms with Crippen LogP contribution in [0.25, 0.3) is 0 Å². The molecule has 0 spiro atoms. The normalized spacial score (nSPS) is 34.1. The number of rotatable bonds is 4. The Bertz CT molecular complexity index is 204. The monoisotopic (exact) mass is 259 g/mol. The fraction of sp³-hybridized carbons (Fsp3) is 1.00. The van der Waals surface area contributed by atoms with E-state index in [1.807, 2.05) is 0 Å². The van der Waals surface area contributed by atoms with E-state index in [1.165, 1.54) is 43.6 Å². The summed E-state index contributed by atoms with van der Waals surface area (Å²) in [6.45, 7) is 2.42. The van der Waals surface area contributed by atoms with E-state index in [0.717, 1.165) is 22.5 Å². The predicted molar refractivity (Wildman–Crippen MR) is 77.6 cm³/mol. The highest BCUT2D eigenvalue weighted by Gasteiger charge is 2.31. The summed E-state index contributed by atoms with van der Waals surface area (Å²) < 4.78 is 0. The summed E-state index contributed by atoms with van der Waals surface area (Å²) in [5.41, 5.74) is 0. The standard InChI is InChI=1S/C13H25NS2/c1-10-13(16-8-7-15-10)12(14-2)9-11-5-3-4-6-11/h10-14H,3-9H2,1-2H3. The van der Waals surface area contributed by atoms with Crippen molar-refractivity contribution in [2.75, 3.05) is 18.6 Å². The second kappa shape index (κ2) is 6.55. The smallest absolute Gasteiger partial charge is 0.0317 e. The maximum Gasteiger partial charge on any atom is 0.0317 e. The van der Waals surface area contributed by atoms with Gasteiger partial charge in [0.05, 0.1) is 0 Å². The highest BCUT2D eigenvalue weighted by Crippen LogP contribution is 2.37. The first kappa shape index (κ1) is 13.1. The van der Waals surface area contributed by atoms with Gasteiger partial charge in [-0.1, -0.05) is 32.6 Å². The molecule has 1 nitrogen and oxygen atoms in total. The molecule has 1 saturated heterocycles. The maximum absolute atomic E-state index is 3.59. The Labute approximate surface area is 109 Å². The molecule has 0 bridgehead atoms. The lowest BCUT2D eigenvalue weighted by Gasteiger charge is -2.35. The highest BCUT2D eigenvalue weighted by molar-refractivity contribution is 8.07. The lowest BCUT2D eigenvalue weighted by Crippen LogP contribution is -2.43. The Balaban J connectivity index is 1.86. The Hall–Kier alpha value is 0.660. The molecule has 1 aliphatic carbocycles. The van der Waals surface area contributed by atoms with Crippen LogP contribution in [0.2, 0.25) is 0 Å². The molecule has 3 atom stereocenters. The van der Waals surface area contributed by atoms with E-state index in [0.29, 0.717) is 0 Å². The summed E-state index contributed by atoms with van der Waals surface area (Å²) in [6.07, 6.45) is 7.33. The summed E-state index contributed by atoms with van der Waals surface area (Å²) in [4.78, 5) is 0. The van der Waals surface area contributed by atoms with Crippen molar-refractivity contribution in [2.45, 2.75) is 55.6 Å².